The lowest BCUT2D eigenvalue weighted by Gasteiger charge is -2.06. The highest BCUT2D eigenvalue weighted by atomic mass is 16.2. The number of aromatic nitrogens is 4. The number of benzene rings is 1. The van der Waals surface area contributed by atoms with Gasteiger partial charge in [-0.05, 0) is 29.8 Å². The van der Waals surface area contributed by atoms with Crippen LogP contribution in [0, 0.1) is 0 Å². The minimum atomic E-state index is -0.401. The molecule has 3 rings (SSSR count). The average molecular weight is 295 g/mol. The molecular weight excluding hydrogens is 282 g/mol. The predicted molar refractivity (Wildman–Crippen MR) is 79.6 cm³/mol. The Morgan fingerprint density at radius 2 is 2.05 bits per heavy atom. The number of hydrogen-bond donors (Lipinski definition) is 2. The first-order valence-electron chi connectivity index (χ1n) is 6.64. The number of nitrogens with zero attached hydrogens (tertiary/aromatic N) is 3. The molecule has 0 spiro atoms. The van der Waals surface area contributed by atoms with E-state index in [1.54, 1.807) is 17.1 Å². The first kappa shape index (κ1) is 13.7. The van der Waals surface area contributed by atoms with E-state index in [2.05, 4.69) is 20.4 Å². The lowest BCUT2D eigenvalue weighted by molar-refractivity contribution is 0.0949. The quantitative estimate of drug-likeness (QED) is 0.747. The third kappa shape index (κ3) is 2.93. The maximum atomic E-state index is 11.9. The molecule has 0 bridgehead atoms. The van der Waals surface area contributed by atoms with Crippen molar-refractivity contribution in [2.75, 3.05) is 0 Å². The van der Waals surface area contributed by atoms with Crippen molar-refractivity contribution in [1.29, 1.82) is 0 Å². The highest BCUT2D eigenvalue weighted by Gasteiger charge is 2.08. The Morgan fingerprint density at radius 3 is 2.73 bits per heavy atom. The fraction of sp³-hybridized carbons (Fsp3) is 0.0667. The summed E-state index contributed by atoms with van der Waals surface area (Å²) in [4.78, 5) is 29.8. The Balaban J connectivity index is 1.66. The second-order valence-corrected chi connectivity index (χ2v) is 4.60. The van der Waals surface area contributed by atoms with Gasteiger partial charge in [0.25, 0.3) is 11.5 Å². The molecule has 110 valence electrons. The molecule has 0 atom stereocenters. The van der Waals surface area contributed by atoms with Crippen molar-refractivity contribution >= 4 is 5.91 Å². The van der Waals surface area contributed by atoms with Crippen molar-refractivity contribution < 1.29 is 4.79 Å². The average Bonchev–Trinajstić information content (AvgIpc) is 3.08. The summed E-state index contributed by atoms with van der Waals surface area (Å²) < 4.78 is 1.64. The van der Waals surface area contributed by atoms with Crippen LogP contribution in [-0.4, -0.2) is 25.7 Å². The Morgan fingerprint density at radius 1 is 1.23 bits per heavy atom. The molecule has 2 aromatic heterocycles. The molecule has 0 saturated heterocycles. The van der Waals surface area contributed by atoms with Gasteiger partial charge >= 0.3 is 0 Å². The number of pyridine rings is 1. The van der Waals surface area contributed by atoms with Crippen LogP contribution in [-0.2, 0) is 6.54 Å². The highest BCUT2D eigenvalue weighted by molar-refractivity contribution is 5.93. The Labute approximate surface area is 125 Å². The molecule has 1 amide bonds. The Hall–Kier alpha value is -3.22. The van der Waals surface area contributed by atoms with Crippen molar-refractivity contribution in [3.05, 3.63) is 76.7 Å². The lowest BCUT2D eigenvalue weighted by atomic mass is 10.2. The fourth-order valence-corrected chi connectivity index (χ4v) is 1.99. The minimum absolute atomic E-state index is 0.0988. The van der Waals surface area contributed by atoms with E-state index in [0.717, 1.165) is 11.3 Å². The molecule has 0 aliphatic rings. The number of H-pyrrole nitrogens is 1. The summed E-state index contributed by atoms with van der Waals surface area (Å²) >= 11 is 0. The van der Waals surface area contributed by atoms with Crippen LogP contribution in [0.2, 0.25) is 0 Å². The van der Waals surface area contributed by atoms with Gasteiger partial charge < -0.3 is 10.3 Å². The molecule has 22 heavy (non-hydrogen) atoms. The molecule has 7 nitrogen and oxygen atoms in total. The largest absolute Gasteiger partial charge is 0.348 e. The zero-order valence-corrected chi connectivity index (χ0v) is 11.6. The number of hydrogen-bond acceptors (Lipinski definition) is 4. The Bertz CT molecular complexity index is 822. The Kier molecular flexibility index (Phi) is 3.78. The molecule has 0 unspecified atom stereocenters. The summed E-state index contributed by atoms with van der Waals surface area (Å²) in [5, 5.41) is 6.75. The van der Waals surface area contributed by atoms with E-state index in [9.17, 15) is 9.59 Å². The molecule has 0 aliphatic heterocycles. The molecule has 7 heteroatoms. The van der Waals surface area contributed by atoms with Gasteiger partial charge in [0.1, 0.15) is 18.2 Å². The number of aromatic amines is 1. The molecular formula is C15H13N5O2. The number of carbonyl (C=O) groups is 1. The van der Waals surface area contributed by atoms with Crippen LogP contribution in [0.1, 0.15) is 15.9 Å². The zero-order chi connectivity index (χ0) is 15.4. The van der Waals surface area contributed by atoms with E-state index in [4.69, 9.17) is 0 Å². The number of rotatable bonds is 4. The molecule has 0 aliphatic carbocycles. The minimum Gasteiger partial charge on any atom is -0.348 e. The smallest absolute Gasteiger partial charge is 0.260 e. The molecule has 0 radical (unpaired) electrons. The topological polar surface area (TPSA) is 92.7 Å². The van der Waals surface area contributed by atoms with Crippen LogP contribution in [0.15, 0.2) is 60.0 Å². The van der Waals surface area contributed by atoms with Gasteiger partial charge in [-0.15, -0.1) is 0 Å². The normalized spacial score (nSPS) is 10.4. The van der Waals surface area contributed by atoms with Crippen LogP contribution in [0.25, 0.3) is 5.69 Å². The van der Waals surface area contributed by atoms with E-state index in [-0.39, 0.29) is 5.56 Å². The van der Waals surface area contributed by atoms with E-state index >= 15 is 0 Å². The third-order valence-corrected chi connectivity index (χ3v) is 3.14. The van der Waals surface area contributed by atoms with Gasteiger partial charge in [0.05, 0.1) is 5.69 Å². The van der Waals surface area contributed by atoms with Crippen molar-refractivity contribution in [1.82, 2.24) is 25.1 Å². The van der Waals surface area contributed by atoms with Crippen LogP contribution < -0.4 is 10.9 Å². The monoisotopic (exact) mass is 295 g/mol. The van der Waals surface area contributed by atoms with Gasteiger partial charge in [-0.1, -0.05) is 12.1 Å². The van der Waals surface area contributed by atoms with Crippen molar-refractivity contribution in [3.8, 4) is 5.69 Å². The summed E-state index contributed by atoms with van der Waals surface area (Å²) in [7, 11) is 0. The van der Waals surface area contributed by atoms with Crippen LogP contribution in [0.4, 0.5) is 0 Å². The molecule has 2 heterocycles. The van der Waals surface area contributed by atoms with Gasteiger partial charge in [-0.2, -0.15) is 5.10 Å². The van der Waals surface area contributed by atoms with Crippen molar-refractivity contribution in [3.63, 3.8) is 0 Å². The van der Waals surface area contributed by atoms with Gasteiger partial charge in [0, 0.05) is 12.7 Å². The van der Waals surface area contributed by atoms with Gasteiger partial charge in [-0.25, -0.2) is 9.67 Å². The third-order valence-electron chi connectivity index (χ3n) is 3.14. The SMILES string of the molecule is O=C(NCc1ccc(-n2cncn2)cc1)c1ccc[nH]c1=O. The molecule has 1 aromatic carbocycles. The summed E-state index contributed by atoms with van der Waals surface area (Å²) in [6.07, 6.45) is 4.56. The predicted octanol–water partition coefficient (Wildman–Crippen LogP) is 0.886. The van der Waals surface area contributed by atoms with E-state index in [1.165, 1.54) is 18.6 Å². The molecule has 0 saturated carbocycles. The zero-order valence-electron chi connectivity index (χ0n) is 11.6. The van der Waals surface area contributed by atoms with Crippen molar-refractivity contribution in [2.24, 2.45) is 0 Å². The molecule has 0 fully saturated rings. The second kappa shape index (κ2) is 6.04. The van der Waals surface area contributed by atoms with Crippen LogP contribution >= 0.6 is 0 Å². The van der Waals surface area contributed by atoms with E-state index < -0.39 is 11.5 Å². The summed E-state index contributed by atoms with van der Waals surface area (Å²) in [6.45, 7) is 0.338. The number of amides is 1. The standard InChI is InChI=1S/C15H13N5O2/c21-14-13(2-1-7-17-14)15(22)18-8-11-3-5-12(6-4-11)20-10-16-9-19-20/h1-7,9-10H,8H2,(H,17,21)(H,18,22). The maximum Gasteiger partial charge on any atom is 0.260 e. The van der Waals surface area contributed by atoms with Gasteiger partial charge in [0.2, 0.25) is 0 Å². The number of carbonyl (C=O) groups excluding carboxylic acids is 1. The summed E-state index contributed by atoms with van der Waals surface area (Å²) in [5.74, 6) is -0.401. The van der Waals surface area contributed by atoms with Gasteiger partial charge in [0.15, 0.2) is 0 Å². The second-order valence-electron chi connectivity index (χ2n) is 4.60. The molecule has 3 aromatic rings. The lowest BCUT2D eigenvalue weighted by Crippen LogP contribution is -2.28. The number of nitrogens with one attached hydrogen (secondary N) is 2. The highest BCUT2D eigenvalue weighted by Crippen LogP contribution is 2.08. The van der Waals surface area contributed by atoms with Crippen LogP contribution in [0.5, 0.6) is 0 Å². The first-order valence-corrected chi connectivity index (χ1v) is 6.64. The molecule has 2 N–H and O–H groups in total. The van der Waals surface area contributed by atoms with Crippen LogP contribution in [0.3, 0.4) is 0 Å². The first-order chi connectivity index (χ1) is 10.7. The fourth-order valence-electron chi connectivity index (χ4n) is 1.99. The van der Waals surface area contributed by atoms with Gasteiger partial charge in [-0.3, -0.25) is 9.59 Å². The van der Waals surface area contributed by atoms with Crippen molar-refractivity contribution in [2.45, 2.75) is 6.54 Å². The van der Waals surface area contributed by atoms with E-state index in [1.807, 2.05) is 24.3 Å². The summed E-state index contributed by atoms with van der Waals surface area (Å²) in [5.41, 5.74) is 1.50. The summed E-state index contributed by atoms with van der Waals surface area (Å²) in [6, 6.07) is 10.6. The van der Waals surface area contributed by atoms with E-state index in [0.29, 0.717) is 6.54 Å². The maximum absolute atomic E-state index is 11.9.